The summed E-state index contributed by atoms with van der Waals surface area (Å²) in [5.74, 6) is -1.92. The third-order valence-corrected chi connectivity index (χ3v) is 11.5. The van der Waals surface area contributed by atoms with Crippen LogP contribution in [0.15, 0.2) is 36.5 Å². The maximum absolute atomic E-state index is 13.4. The number of rotatable bonds is 11. The lowest BCUT2D eigenvalue weighted by atomic mass is 9.97. The lowest BCUT2D eigenvalue weighted by Gasteiger charge is -2.47. The first kappa shape index (κ1) is 31.5. The number of fused-ring (bicyclic) bond motifs is 1. The van der Waals surface area contributed by atoms with Gasteiger partial charge in [-0.3, -0.25) is 14.4 Å². The Labute approximate surface area is 260 Å². The molecule has 5 atom stereocenters. The summed E-state index contributed by atoms with van der Waals surface area (Å²) in [5, 5.41) is 13.6. The van der Waals surface area contributed by atoms with Crippen LogP contribution in [-0.4, -0.2) is 82.2 Å². The van der Waals surface area contributed by atoms with E-state index in [0.29, 0.717) is 13.0 Å². The quantitative estimate of drug-likeness (QED) is 0.206. The van der Waals surface area contributed by atoms with Gasteiger partial charge in [0.15, 0.2) is 8.93 Å². The molecule has 0 bridgehead atoms. The van der Waals surface area contributed by atoms with Crippen LogP contribution in [0, 0.1) is 5.92 Å². The number of hydrogen-bond acceptors (Lipinski definition) is 8. The molecular formula is C27H34Br2N6O5S. The second-order valence-electron chi connectivity index (χ2n) is 10.9. The third kappa shape index (κ3) is 6.48. The van der Waals surface area contributed by atoms with Crippen LogP contribution in [0.4, 0.5) is 0 Å². The minimum atomic E-state index is -0.920. The molecular weight excluding hydrogens is 680 g/mol. The Morgan fingerprint density at radius 3 is 2.49 bits per heavy atom. The first-order chi connectivity index (χ1) is 19.3. The second kappa shape index (κ2) is 12.4. The first-order valence-electron chi connectivity index (χ1n) is 13.3. The molecule has 2 fully saturated rings. The molecule has 0 unspecified atom stereocenters. The highest BCUT2D eigenvalue weighted by Gasteiger charge is 2.68. The zero-order chi connectivity index (χ0) is 30.1. The molecule has 222 valence electrons. The van der Waals surface area contributed by atoms with Crippen molar-refractivity contribution in [2.75, 3.05) is 7.11 Å². The van der Waals surface area contributed by atoms with E-state index in [0.717, 1.165) is 5.56 Å². The van der Waals surface area contributed by atoms with Gasteiger partial charge < -0.3 is 20.3 Å². The summed E-state index contributed by atoms with van der Waals surface area (Å²) in [6.45, 7) is 8.26. The highest BCUT2D eigenvalue weighted by molar-refractivity contribution is 9.26. The van der Waals surface area contributed by atoms with E-state index in [-0.39, 0.29) is 40.1 Å². The van der Waals surface area contributed by atoms with Crippen LogP contribution >= 0.6 is 43.6 Å². The highest BCUT2D eigenvalue weighted by atomic mass is 79.9. The number of carbonyl (C=O) groups is 4. The van der Waals surface area contributed by atoms with Crippen molar-refractivity contribution in [3.63, 3.8) is 0 Å². The number of ether oxygens (including phenoxy) is 1. The molecule has 11 nitrogen and oxygen atoms in total. The van der Waals surface area contributed by atoms with Crippen LogP contribution in [-0.2, 0) is 32.1 Å². The van der Waals surface area contributed by atoms with Gasteiger partial charge in [-0.25, -0.2) is 9.48 Å². The Bertz CT molecular complexity index is 1310. The predicted octanol–water partition coefficient (Wildman–Crippen LogP) is 2.87. The first-order valence-corrected chi connectivity index (χ1v) is 15.8. The number of aromatic nitrogens is 3. The molecule has 2 N–H and O–H groups in total. The summed E-state index contributed by atoms with van der Waals surface area (Å²) in [6, 6.07) is 7.29. The maximum atomic E-state index is 13.4. The number of methoxy groups -OCH3 is 1. The van der Waals surface area contributed by atoms with E-state index in [4.69, 9.17) is 4.74 Å². The van der Waals surface area contributed by atoms with E-state index in [1.54, 1.807) is 16.4 Å². The van der Waals surface area contributed by atoms with Gasteiger partial charge in [-0.1, -0.05) is 87.7 Å². The summed E-state index contributed by atoms with van der Waals surface area (Å²) in [6.07, 6.45) is 2.37. The Balaban J connectivity index is 1.44. The minimum Gasteiger partial charge on any atom is -0.467 e. The predicted molar refractivity (Wildman–Crippen MR) is 162 cm³/mol. The van der Waals surface area contributed by atoms with Crippen molar-refractivity contribution in [1.29, 1.82) is 0 Å². The van der Waals surface area contributed by atoms with E-state index in [1.807, 2.05) is 49.1 Å². The van der Waals surface area contributed by atoms with Crippen molar-refractivity contribution < 1.29 is 23.9 Å². The number of halogens is 2. The number of alkyl halides is 2. The molecule has 41 heavy (non-hydrogen) atoms. The molecule has 2 aliphatic heterocycles. The number of nitrogens with one attached hydrogen (secondary N) is 2. The normalized spacial score (nSPS) is 22.6. The smallest absolute Gasteiger partial charge is 0.328 e. The molecule has 0 spiro atoms. The van der Waals surface area contributed by atoms with Crippen molar-refractivity contribution in [3.8, 4) is 0 Å². The number of β-lactam (4-membered cyclic amide) rings is 1. The summed E-state index contributed by atoms with van der Waals surface area (Å²) in [5.41, 5.74) is 0.905. The summed E-state index contributed by atoms with van der Waals surface area (Å²) in [7, 11) is 1.27. The number of hydrogen-bond donors (Lipinski definition) is 2. The van der Waals surface area contributed by atoms with Gasteiger partial charge in [-0.15, -0.1) is 16.9 Å². The van der Waals surface area contributed by atoms with Crippen molar-refractivity contribution >= 4 is 67.3 Å². The van der Waals surface area contributed by atoms with Crippen molar-refractivity contribution in [2.45, 2.75) is 78.6 Å². The number of amides is 3. The van der Waals surface area contributed by atoms with Crippen molar-refractivity contribution in [1.82, 2.24) is 30.5 Å². The molecule has 2 aromatic rings. The Hall–Kier alpha value is -2.45. The fourth-order valence-electron chi connectivity index (χ4n) is 4.97. The Kier molecular flexibility index (Phi) is 9.54. The second-order valence-corrected chi connectivity index (χ2v) is 16.2. The summed E-state index contributed by atoms with van der Waals surface area (Å²) >= 11 is 8.64. The van der Waals surface area contributed by atoms with Gasteiger partial charge in [0.1, 0.15) is 17.5 Å². The molecule has 0 saturated carbocycles. The Morgan fingerprint density at radius 2 is 1.85 bits per heavy atom. The van der Waals surface area contributed by atoms with Crippen LogP contribution in [0.5, 0.6) is 0 Å². The van der Waals surface area contributed by atoms with E-state index in [1.165, 1.54) is 13.3 Å². The maximum Gasteiger partial charge on any atom is 0.328 e. The van der Waals surface area contributed by atoms with Crippen molar-refractivity contribution in [3.05, 3.63) is 47.8 Å². The monoisotopic (exact) mass is 712 g/mol. The molecule has 2 saturated heterocycles. The van der Waals surface area contributed by atoms with Crippen LogP contribution in [0.3, 0.4) is 0 Å². The van der Waals surface area contributed by atoms with Crippen LogP contribution in [0.1, 0.15) is 50.2 Å². The van der Waals surface area contributed by atoms with Gasteiger partial charge in [-0.2, -0.15) is 0 Å². The third-order valence-electron chi connectivity index (χ3n) is 7.63. The molecule has 3 heterocycles. The van der Waals surface area contributed by atoms with Gasteiger partial charge in [0.25, 0.3) is 11.8 Å². The fourth-order valence-corrected chi connectivity index (χ4v) is 7.91. The molecule has 4 rings (SSSR count). The van der Waals surface area contributed by atoms with E-state index in [9.17, 15) is 19.2 Å². The molecule has 1 aromatic heterocycles. The average Bonchev–Trinajstić information content (AvgIpc) is 3.52. The van der Waals surface area contributed by atoms with Crippen molar-refractivity contribution in [2.24, 2.45) is 5.92 Å². The molecule has 2 aliphatic rings. The molecule has 3 amide bonds. The van der Waals surface area contributed by atoms with E-state index in [2.05, 4.69) is 66.7 Å². The standard InChI is InChI=1S/C27H34Br2N6O5S/c1-6-15(2)20(22(37)30-17(23(38)40-5)12-16-10-8-7-9-11-16)31-21(36)18-13-34(33-32-18)14-19-26(3,4)41-25-27(28,29)24(39)35(19)25/h7-11,13,15,17,19-20,25H,6,12,14H2,1-5H3,(H,30,37)(H,31,36)/t15-,17-,19-,20-,25+/m0/s1. The summed E-state index contributed by atoms with van der Waals surface area (Å²) < 4.78 is 5.43. The number of benzene rings is 1. The molecule has 14 heteroatoms. The van der Waals surface area contributed by atoms with Crippen LogP contribution in [0.2, 0.25) is 0 Å². The zero-order valence-electron chi connectivity index (χ0n) is 23.5. The lowest BCUT2D eigenvalue weighted by Crippen LogP contribution is -2.67. The van der Waals surface area contributed by atoms with E-state index >= 15 is 0 Å². The molecule has 0 aliphatic carbocycles. The SMILES string of the molecule is CC[C@H](C)[C@H](NC(=O)c1cn(C[C@@H]2N3C(=O)C(Br)(Br)[C@H]3SC2(C)C)nn1)C(=O)N[C@@H](Cc1ccccc1)C(=O)OC. The number of nitrogens with zero attached hydrogens (tertiary/aromatic N) is 4. The number of esters is 1. The largest absolute Gasteiger partial charge is 0.467 e. The van der Waals surface area contributed by atoms with Gasteiger partial charge in [0, 0.05) is 11.2 Å². The van der Waals surface area contributed by atoms with Gasteiger partial charge >= 0.3 is 5.97 Å². The lowest BCUT2D eigenvalue weighted by molar-refractivity contribution is -0.145. The highest BCUT2D eigenvalue weighted by Crippen LogP contribution is 2.60. The van der Waals surface area contributed by atoms with Gasteiger partial charge in [-0.05, 0) is 25.3 Å². The van der Waals surface area contributed by atoms with Crippen LogP contribution < -0.4 is 10.6 Å². The van der Waals surface area contributed by atoms with Crippen LogP contribution in [0.25, 0.3) is 0 Å². The number of carbonyl (C=O) groups excluding carboxylic acids is 4. The van der Waals surface area contributed by atoms with E-state index < -0.39 is 33.1 Å². The topological polar surface area (TPSA) is 136 Å². The summed E-state index contributed by atoms with van der Waals surface area (Å²) in [4.78, 5) is 53.6. The Morgan fingerprint density at radius 1 is 1.17 bits per heavy atom. The van der Waals surface area contributed by atoms with Gasteiger partial charge in [0.2, 0.25) is 5.91 Å². The molecule has 1 aromatic carbocycles. The number of thioether (sulfide) groups is 1. The zero-order valence-corrected chi connectivity index (χ0v) is 27.5. The average molecular weight is 714 g/mol. The minimum absolute atomic E-state index is 0.0465. The fraction of sp³-hybridized carbons (Fsp3) is 0.556. The van der Waals surface area contributed by atoms with Gasteiger partial charge in [0.05, 0.1) is 25.9 Å². The molecule has 0 radical (unpaired) electrons.